The van der Waals surface area contributed by atoms with E-state index in [2.05, 4.69) is 0 Å². The smallest absolute Gasteiger partial charge is 0.327 e. The molecule has 1 aliphatic heterocycles. The Kier molecular flexibility index (Phi) is 5.26. The number of aliphatic carboxylic acids is 1. The molecule has 0 saturated carbocycles. The molecule has 0 aromatic heterocycles. The van der Waals surface area contributed by atoms with Crippen molar-refractivity contribution in [3.05, 3.63) is 39.8 Å². The topological polar surface area (TPSA) is 57.6 Å². The number of thioether (sulfide) groups is 1. The highest BCUT2D eigenvalue weighted by Crippen LogP contribution is 2.36. The third kappa shape index (κ3) is 3.34. The number of hydrogen-bond acceptors (Lipinski definition) is 4. The summed E-state index contributed by atoms with van der Waals surface area (Å²) in [6, 6.07) is 6.15. The van der Waals surface area contributed by atoms with Gasteiger partial charge in [-0.2, -0.15) is 0 Å². The van der Waals surface area contributed by atoms with Gasteiger partial charge in [0.15, 0.2) is 0 Å². The lowest BCUT2D eigenvalue weighted by Gasteiger charge is -2.26. The molecule has 116 valence electrons. The molecular weight excluding hydrogens is 342 g/mol. The monoisotopic (exact) mass is 355 g/mol. The van der Waals surface area contributed by atoms with Crippen LogP contribution in [0.4, 0.5) is 0 Å². The highest BCUT2D eigenvalue weighted by atomic mass is 35.5. The number of carboxylic acid groups (broad SMARTS) is 1. The second kappa shape index (κ2) is 6.81. The minimum Gasteiger partial charge on any atom is -0.480 e. The normalized spacial score (nSPS) is 18.4. The molecule has 2 rings (SSSR count). The maximum absolute atomic E-state index is 12.5. The first-order chi connectivity index (χ1) is 10.3. The van der Waals surface area contributed by atoms with Gasteiger partial charge in [0.05, 0.1) is 4.91 Å². The summed E-state index contributed by atoms with van der Waals surface area (Å²) in [6.07, 6.45) is 1.64. The summed E-state index contributed by atoms with van der Waals surface area (Å²) in [5.74, 6) is -1.71. The number of amides is 1. The molecule has 0 unspecified atom stereocenters. The molecule has 1 aromatic rings. The summed E-state index contributed by atoms with van der Waals surface area (Å²) in [7, 11) is 0. The maximum Gasteiger partial charge on any atom is 0.327 e. The molecule has 1 fully saturated rings. The molecule has 0 radical (unpaired) electrons. The van der Waals surface area contributed by atoms with E-state index >= 15 is 0 Å². The molecule has 0 spiro atoms. The van der Waals surface area contributed by atoms with E-state index in [9.17, 15) is 14.7 Å². The lowest BCUT2D eigenvalue weighted by atomic mass is 10.0. The average Bonchev–Trinajstić information content (AvgIpc) is 2.69. The van der Waals surface area contributed by atoms with Crippen LogP contribution in [0.25, 0.3) is 6.08 Å². The molecule has 22 heavy (non-hydrogen) atoms. The highest BCUT2D eigenvalue weighted by molar-refractivity contribution is 8.26. The molecule has 1 heterocycles. The van der Waals surface area contributed by atoms with E-state index in [1.54, 1.807) is 38.1 Å². The van der Waals surface area contributed by atoms with Gasteiger partial charge in [-0.05, 0) is 23.6 Å². The van der Waals surface area contributed by atoms with E-state index in [4.69, 9.17) is 23.8 Å². The summed E-state index contributed by atoms with van der Waals surface area (Å²) in [6.45, 7) is 3.49. The first-order valence-corrected chi connectivity index (χ1v) is 8.17. The van der Waals surface area contributed by atoms with Crippen molar-refractivity contribution in [2.45, 2.75) is 19.9 Å². The number of carbonyl (C=O) groups excluding carboxylic acids is 1. The summed E-state index contributed by atoms with van der Waals surface area (Å²) >= 11 is 12.4. The van der Waals surface area contributed by atoms with Gasteiger partial charge in [0.2, 0.25) is 0 Å². The van der Waals surface area contributed by atoms with Crippen molar-refractivity contribution in [1.82, 2.24) is 4.90 Å². The Morgan fingerprint density at radius 2 is 2.05 bits per heavy atom. The molecule has 1 atom stereocenters. The summed E-state index contributed by atoms with van der Waals surface area (Å²) in [5, 5.41) is 9.88. The van der Waals surface area contributed by atoms with Crippen LogP contribution >= 0.6 is 35.6 Å². The van der Waals surface area contributed by atoms with Crippen LogP contribution in [0, 0.1) is 5.92 Å². The molecule has 7 heteroatoms. The zero-order valence-corrected chi connectivity index (χ0v) is 14.3. The predicted molar refractivity (Wildman–Crippen MR) is 92.7 cm³/mol. The van der Waals surface area contributed by atoms with Crippen LogP contribution in [-0.2, 0) is 9.59 Å². The summed E-state index contributed by atoms with van der Waals surface area (Å²) in [4.78, 5) is 25.5. The van der Waals surface area contributed by atoms with Gasteiger partial charge in [-0.25, -0.2) is 4.79 Å². The van der Waals surface area contributed by atoms with Crippen LogP contribution < -0.4 is 0 Å². The largest absolute Gasteiger partial charge is 0.480 e. The minimum absolute atomic E-state index is 0.250. The molecule has 1 saturated heterocycles. The zero-order valence-electron chi connectivity index (χ0n) is 11.9. The quantitative estimate of drug-likeness (QED) is 0.660. The Bertz CT molecular complexity index is 673. The Hall–Kier alpha value is -1.37. The van der Waals surface area contributed by atoms with Gasteiger partial charge in [0.25, 0.3) is 5.91 Å². The van der Waals surface area contributed by atoms with Gasteiger partial charge in [0, 0.05) is 5.02 Å². The third-order valence-electron chi connectivity index (χ3n) is 3.18. The van der Waals surface area contributed by atoms with E-state index < -0.39 is 17.9 Å². The number of hydrogen-bond donors (Lipinski definition) is 1. The van der Waals surface area contributed by atoms with Gasteiger partial charge in [0.1, 0.15) is 10.4 Å². The fraction of sp³-hybridized carbons (Fsp3) is 0.267. The van der Waals surface area contributed by atoms with Crippen molar-refractivity contribution in [3.8, 4) is 0 Å². The van der Waals surface area contributed by atoms with Crippen molar-refractivity contribution in [3.63, 3.8) is 0 Å². The van der Waals surface area contributed by atoms with Crippen LogP contribution in [-0.4, -0.2) is 32.2 Å². The third-order valence-corrected chi connectivity index (χ3v) is 4.85. The van der Waals surface area contributed by atoms with E-state index in [0.717, 1.165) is 11.8 Å². The second-order valence-corrected chi connectivity index (χ2v) is 7.18. The Balaban J connectivity index is 2.37. The van der Waals surface area contributed by atoms with Gasteiger partial charge in [-0.15, -0.1) is 0 Å². The fourth-order valence-corrected chi connectivity index (χ4v) is 3.66. The van der Waals surface area contributed by atoms with Crippen molar-refractivity contribution >= 4 is 57.9 Å². The second-order valence-electron chi connectivity index (χ2n) is 5.10. The lowest BCUT2D eigenvalue weighted by Crippen LogP contribution is -2.47. The first-order valence-electron chi connectivity index (χ1n) is 6.57. The predicted octanol–water partition coefficient (Wildman–Crippen LogP) is 3.65. The molecular formula is C15H14ClNO3S2. The van der Waals surface area contributed by atoms with E-state index in [1.807, 2.05) is 6.07 Å². The van der Waals surface area contributed by atoms with Crippen LogP contribution in [0.1, 0.15) is 19.4 Å². The average molecular weight is 356 g/mol. The number of carbonyl (C=O) groups is 2. The minimum atomic E-state index is -1.06. The van der Waals surface area contributed by atoms with E-state index in [1.165, 1.54) is 4.90 Å². The SMILES string of the molecule is CC(C)[C@H](C(=O)O)N1C(=O)/C(=C/c2ccccc2Cl)SC1=S. The van der Waals surface area contributed by atoms with Crippen molar-refractivity contribution in [2.75, 3.05) is 0 Å². The fourth-order valence-electron chi connectivity index (χ4n) is 2.15. The van der Waals surface area contributed by atoms with Crippen molar-refractivity contribution < 1.29 is 14.7 Å². The lowest BCUT2D eigenvalue weighted by molar-refractivity contribution is -0.146. The first kappa shape index (κ1) is 17.0. The van der Waals surface area contributed by atoms with Gasteiger partial charge >= 0.3 is 5.97 Å². The Labute approximate surface area is 143 Å². The molecule has 1 N–H and O–H groups in total. The molecule has 1 amide bonds. The van der Waals surface area contributed by atoms with Gasteiger partial charge in [-0.3, -0.25) is 9.69 Å². The zero-order chi connectivity index (χ0) is 16.4. The molecule has 1 aliphatic rings. The molecule has 1 aromatic carbocycles. The molecule has 0 aliphatic carbocycles. The summed E-state index contributed by atoms with van der Waals surface area (Å²) in [5.41, 5.74) is 0.695. The van der Waals surface area contributed by atoms with Crippen LogP contribution in [0.2, 0.25) is 5.02 Å². The maximum atomic E-state index is 12.5. The van der Waals surface area contributed by atoms with E-state index in [0.29, 0.717) is 15.5 Å². The highest BCUT2D eigenvalue weighted by Gasteiger charge is 2.41. The van der Waals surface area contributed by atoms with Crippen LogP contribution in [0.5, 0.6) is 0 Å². The molecule has 4 nitrogen and oxygen atoms in total. The van der Waals surface area contributed by atoms with Gasteiger partial charge < -0.3 is 5.11 Å². The van der Waals surface area contributed by atoms with Crippen molar-refractivity contribution in [1.29, 1.82) is 0 Å². The number of thiocarbonyl (C=S) groups is 1. The van der Waals surface area contributed by atoms with Crippen LogP contribution in [0.15, 0.2) is 29.2 Å². The number of nitrogens with zero attached hydrogens (tertiary/aromatic N) is 1. The summed E-state index contributed by atoms with van der Waals surface area (Å²) < 4.78 is 0.254. The number of rotatable bonds is 4. The Morgan fingerprint density at radius 3 is 2.59 bits per heavy atom. The number of benzene rings is 1. The van der Waals surface area contributed by atoms with Gasteiger partial charge in [-0.1, -0.05) is 67.6 Å². The standard InChI is InChI=1S/C15H14ClNO3S2/c1-8(2)12(14(19)20)17-13(18)11(22-15(17)21)7-9-5-3-4-6-10(9)16/h3-8,12H,1-2H3,(H,19,20)/b11-7-/t12-/m1/s1. The van der Waals surface area contributed by atoms with E-state index in [-0.39, 0.29) is 10.2 Å². The number of halogens is 1. The van der Waals surface area contributed by atoms with Crippen molar-refractivity contribution in [2.24, 2.45) is 5.92 Å². The Morgan fingerprint density at radius 1 is 1.41 bits per heavy atom. The number of carboxylic acids is 1. The van der Waals surface area contributed by atoms with Crippen LogP contribution in [0.3, 0.4) is 0 Å². The molecule has 0 bridgehead atoms.